The molecule has 2 aliphatic carbocycles. The van der Waals surface area contributed by atoms with Crippen LogP contribution in [0.3, 0.4) is 0 Å². The summed E-state index contributed by atoms with van der Waals surface area (Å²) in [6.45, 7) is 0.367. The second kappa shape index (κ2) is 8.03. The molecule has 5 rings (SSSR count). The molecule has 0 radical (unpaired) electrons. The van der Waals surface area contributed by atoms with Gasteiger partial charge in [-0.2, -0.15) is 0 Å². The van der Waals surface area contributed by atoms with Crippen molar-refractivity contribution in [3.8, 4) is 0 Å². The van der Waals surface area contributed by atoms with Crippen LogP contribution in [0.25, 0.3) is 5.65 Å². The van der Waals surface area contributed by atoms with Crippen LogP contribution in [0.2, 0.25) is 5.02 Å². The van der Waals surface area contributed by atoms with Crippen LogP contribution in [0.1, 0.15) is 17.8 Å². The zero-order valence-corrected chi connectivity index (χ0v) is 17.6. The zero-order chi connectivity index (χ0) is 22.4. The minimum absolute atomic E-state index is 0.0153. The quantitative estimate of drug-likeness (QED) is 0.450. The fourth-order valence-corrected chi connectivity index (χ4v) is 4.84. The number of aliphatic carboxylic acids is 1. The van der Waals surface area contributed by atoms with Crippen molar-refractivity contribution < 1.29 is 19.8 Å². The minimum atomic E-state index is -1.35. The number of hydrogen-bond acceptors (Lipinski definition) is 6. The Balaban J connectivity index is 1.20. The number of allylic oxidation sites excluding steroid dienone is 1. The third-order valence-electron chi connectivity index (χ3n) is 6.13. The lowest BCUT2D eigenvalue weighted by Crippen LogP contribution is -2.49. The molecule has 1 amide bonds. The predicted molar refractivity (Wildman–Crippen MR) is 113 cm³/mol. The highest BCUT2D eigenvalue weighted by molar-refractivity contribution is 6.30. The van der Waals surface area contributed by atoms with Crippen molar-refractivity contribution >= 4 is 29.1 Å². The molecule has 32 heavy (non-hydrogen) atoms. The van der Waals surface area contributed by atoms with Gasteiger partial charge in [-0.15, -0.1) is 5.10 Å². The summed E-state index contributed by atoms with van der Waals surface area (Å²) in [6.07, 6.45) is 8.42. The van der Waals surface area contributed by atoms with Gasteiger partial charge in [0.1, 0.15) is 11.8 Å². The van der Waals surface area contributed by atoms with Crippen LogP contribution >= 0.6 is 11.6 Å². The number of carboxylic acids is 1. The summed E-state index contributed by atoms with van der Waals surface area (Å²) < 4.78 is 3.39. The number of aliphatic hydroxyl groups excluding tert-OH is 1. The number of halogens is 1. The Morgan fingerprint density at radius 3 is 2.81 bits per heavy atom. The van der Waals surface area contributed by atoms with Crippen LogP contribution in [-0.2, 0) is 22.6 Å². The Morgan fingerprint density at radius 1 is 1.19 bits per heavy atom. The molecule has 3 aromatic heterocycles. The smallest absolute Gasteiger partial charge is 0.309 e. The number of rotatable bonds is 7. The largest absolute Gasteiger partial charge is 0.481 e. The van der Waals surface area contributed by atoms with E-state index in [0.29, 0.717) is 23.7 Å². The summed E-state index contributed by atoms with van der Waals surface area (Å²) in [5, 5.41) is 31.3. The number of nitrogens with zero attached hydrogens (tertiary/aromatic N) is 5. The van der Waals surface area contributed by atoms with Crippen molar-refractivity contribution in [2.75, 3.05) is 0 Å². The second-order valence-corrected chi connectivity index (χ2v) is 8.76. The zero-order valence-electron chi connectivity index (χ0n) is 16.9. The van der Waals surface area contributed by atoms with Crippen molar-refractivity contribution in [2.24, 2.45) is 17.8 Å². The third-order valence-corrected chi connectivity index (χ3v) is 6.36. The van der Waals surface area contributed by atoms with Crippen molar-refractivity contribution in [3.05, 3.63) is 59.3 Å². The topological polar surface area (TPSA) is 135 Å². The first-order chi connectivity index (χ1) is 15.4. The summed E-state index contributed by atoms with van der Waals surface area (Å²) in [5.74, 6) is -2.29. The number of carbonyl (C=O) groups excluding carboxylic acids is 1. The number of nitrogens with one attached hydrogen (secondary N) is 1. The molecule has 166 valence electrons. The van der Waals surface area contributed by atoms with Crippen LogP contribution in [0.4, 0.5) is 0 Å². The SMILES string of the molecule is O=C(N[C@@H]1[C@H](C(=O)O)[C@H]2C=C[C@@H]1C2)C(O)Cc1cn(Cc2cn3cc(Cl)ccc3n2)nn1. The number of amides is 1. The molecule has 2 bridgehead atoms. The normalized spacial score (nSPS) is 24.8. The summed E-state index contributed by atoms with van der Waals surface area (Å²) in [5.41, 5.74) is 1.96. The minimum Gasteiger partial charge on any atom is -0.481 e. The van der Waals surface area contributed by atoms with Gasteiger partial charge in [0.05, 0.1) is 28.9 Å². The maximum Gasteiger partial charge on any atom is 0.309 e. The molecular weight excluding hydrogens is 436 g/mol. The van der Waals surface area contributed by atoms with Crippen molar-refractivity contribution in [1.29, 1.82) is 0 Å². The molecule has 11 heteroatoms. The van der Waals surface area contributed by atoms with E-state index in [1.54, 1.807) is 23.1 Å². The molecule has 0 aliphatic heterocycles. The second-order valence-electron chi connectivity index (χ2n) is 8.32. The summed E-state index contributed by atoms with van der Waals surface area (Å²) in [6, 6.07) is 3.07. The van der Waals surface area contributed by atoms with E-state index in [9.17, 15) is 19.8 Å². The van der Waals surface area contributed by atoms with Gasteiger partial charge in [-0.25, -0.2) is 9.67 Å². The van der Waals surface area contributed by atoms with Crippen molar-refractivity contribution in [3.63, 3.8) is 0 Å². The summed E-state index contributed by atoms with van der Waals surface area (Å²) in [4.78, 5) is 28.6. The number of imidazole rings is 1. The van der Waals surface area contributed by atoms with E-state index in [2.05, 4.69) is 20.6 Å². The van der Waals surface area contributed by atoms with E-state index in [1.807, 2.05) is 28.8 Å². The summed E-state index contributed by atoms with van der Waals surface area (Å²) >= 11 is 6.00. The van der Waals surface area contributed by atoms with E-state index < -0.39 is 29.9 Å². The van der Waals surface area contributed by atoms with Gasteiger partial charge in [0.25, 0.3) is 0 Å². The Kier molecular flexibility index (Phi) is 5.18. The number of fused-ring (bicyclic) bond motifs is 3. The molecule has 0 aromatic carbocycles. The van der Waals surface area contributed by atoms with E-state index in [1.165, 1.54) is 0 Å². The fourth-order valence-electron chi connectivity index (χ4n) is 4.68. The molecule has 3 aromatic rings. The first kappa shape index (κ1) is 20.7. The maximum atomic E-state index is 12.5. The average molecular weight is 457 g/mol. The van der Waals surface area contributed by atoms with Gasteiger partial charge in [-0.05, 0) is 30.4 Å². The van der Waals surface area contributed by atoms with Gasteiger partial charge in [-0.3, -0.25) is 9.59 Å². The van der Waals surface area contributed by atoms with Crippen LogP contribution < -0.4 is 5.32 Å². The standard InChI is InChI=1S/C21H21ClN6O4/c22-13-3-4-17-23-15(8-27(17)7-13)10-28-9-14(25-26-28)6-16(29)20(30)24-19-12-2-1-11(5-12)18(19)21(31)32/h1-4,7-9,11-12,16,18-19,29H,5-6,10H2,(H,24,30)(H,31,32)/t11-,12+,16?,18+,19-/m0/s1. The number of aromatic nitrogens is 5. The summed E-state index contributed by atoms with van der Waals surface area (Å²) in [7, 11) is 0. The predicted octanol–water partition coefficient (Wildman–Crippen LogP) is 0.922. The first-order valence-electron chi connectivity index (χ1n) is 10.3. The third kappa shape index (κ3) is 3.87. The Labute approximate surface area is 187 Å². The lowest BCUT2D eigenvalue weighted by atomic mass is 9.89. The first-order valence-corrected chi connectivity index (χ1v) is 10.7. The number of carbonyl (C=O) groups is 2. The van der Waals surface area contributed by atoms with Crippen molar-refractivity contribution in [1.82, 2.24) is 29.7 Å². The average Bonchev–Trinajstić information content (AvgIpc) is 3.51. The van der Waals surface area contributed by atoms with Gasteiger partial charge >= 0.3 is 5.97 Å². The monoisotopic (exact) mass is 456 g/mol. The number of carboxylic acid groups (broad SMARTS) is 1. The Bertz CT molecular complexity index is 1220. The number of hydrogen-bond donors (Lipinski definition) is 3. The maximum absolute atomic E-state index is 12.5. The van der Waals surface area contributed by atoms with Crippen LogP contribution in [0.15, 0.2) is 42.9 Å². The lowest BCUT2D eigenvalue weighted by Gasteiger charge is -2.26. The molecule has 3 heterocycles. The van der Waals surface area contributed by atoms with E-state index in [0.717, 1.165) is 11.3 Å². The number of pyridine rings is 1. The molecule has 1 fully saturated rings. The lowest BCUT2D eigenvalue weighted by molar-refractivity contribution is -0.144. The van der Waals surface area contributed by atoms with Crippen molar-refractivity contribution in [2.45, 2.75) is 31.5 Å². The van der Waals surface area contributed by atoms with Gasteiger partial charge in [0.2, 0.25) is 5.91 Å². The van der Waals surface area contributed by atoms with E-state index >= 15 is 0 Å². The van der Waals surface area contributed by atoms with Crippen LogP contribution in [0.5, 0.6) is 0 Å². The highest BCUT2D eigenvalue weighted by Crippen LogP contribution is 2.43. The van der Waals surface area contributed by atoms with Crippen LogP contribution in [0, 0.1) is 17.8 Å². The van der Waals surface area contributed by atoms with E-state index in [-0.39, 0.29) is 18.3 Å². The van der Waals surface area contributed by atoms with Gasteiger partial charge < -0.3 is 19.9 Å². The Hall–Kier alpha value is -3.24. The Morgan fingerprint density at radius 2 is 2.00 bits per heavy atom. The van der Waals surface area contributed by atoms with Gasteiger partial charge in [0.15, 0.2) is 0 Å². The highest BCUT2D eigenvalue weighted by atomic mass is 35.5. The molecular formula is C21H21ClN6O4. The number of aliphatic hydroxyl groups is 1. The van der Waals surface area contributed by atoms with Gasteiger partial charge in [0, 0.05) is 31.1 Å². The van der Waals surface area contributed by atoms with Gasteiger partial charge in [-0.1, -0.05) is 29.0 Å². The highest BCUT2D eigenvalue weighted by Gasteiger charge is 2.49. The molecule has 0 spiro atoms. The molecule has 2 aliphatic rings. The molecule has 1 saturated carbocycles. The van der Waals surface area contributed by atoms with E-state index in [4.69, 9.17) is 11.6 Å². The molecule has 3 N–H and O–H groups in total. The fraction of sp³-hybridized carbons (Fsp3) is 0.381. The molecule has 1 unspecified atom stereocenters. The molecule has 10 nitrogen and oxygen atoms in total. The molecule has 5 atom stereocenters. The van der Waals surface area contributed by atoms with Crippen LogP contribution in [-0.4, -0.2) is 58.6 Å². The molecule has 0 saturated heterocycles.